The summed E-state index contributed by atoms with van der Waals surface area (Å²) in [5.74, 6) is -0.290. The molecule has 3 heteroatoms. The standard InChI is InChI=1S/C13H18FNO/c14-11-6-10(7-12(15)8-11)9-16-13-4-2-1-3-5-13/h6-8,13H,1-5,9,15H2. The molecule has 0 heterocycles. The molecule has 0 bridgehead atoms. The summed E-state index contributed by atoms with van der Waals surface area (Å²) in [6.07, 6.45) is 6.41. The zero-order valence-electron chi connectivity index (χ0n) is 9.42. The van der Waals surface area contributed by atoms with Gasteiger partial charge in [-0.25, -0.2) is 4.39 Å². The Kier molecular flexibility index (Phi) is 3.78. The summed E-state index contributed by atoms with van der Waals surface area (Å²) >= 11 is 0. The Morgan fingerprint density at radius 2 is 1.94 bits per heavy atom. The van der Waals surface area contributed by atoms with Crippen molar-refractivity contribution >= 4 is 5.69 Å². The van der Waals surface area contributed by atoms with Gasteiger partial charge in [0.1, 0.15) is 5.82 Å². The van der Waals surface area contributed by atoms with Crippen molar-refractivity contribution in [3.8, 4) is 0 Å². The molecular weight excluding hydrogens is 205 g/mol. The lowest BCUT2D eigenvalue weighted by Gasteiger charge is -2.22. The van der Waals surface area contributed by atoms with E-state index in [1.807, 2.05) is 0 Å². The number of nitrogen functional groups attached to an aromatic ring is 1. The predicted octanol–water partition coefficient (Wildman–Crippen LogP) is 3.26. The van der Waals surface area contributed by atoms with Gasteiger partial charge in [-0.05, 0) is 36.6 Å². The van der Waals surface area contributed by atoms with E-state index in [1.165, 1.54) is 31.4 Å². The Hall–Kier alpha value is -1.09. The number of rotatable bonds is 3. The maximum absolute atomic E-state index is 13.1. The molecule has 2 rings (SSSR count). The van der Waals surface area contributed by atoms with E-state index in [0.29, 0.717) is 18.4 Å². The van der Waals surface area contributed by atoms with E-state index in [2.05, 4.69) is 0 Å². The van der Waals surface area contributed by atoms with E-state index >= 15 is 0 Å². The number of benzene rings is 1. The smallest absolute Gasteiger partial charge is 0.125 e. The first-order chi connectivity index (χ1) is 7.74. The van der Waals surface area contributed by atoms with Gasteiger partial charge < -0.3 is 10.5 Å². The summed E-state index contributed by atoms with van der Waals surface area (Å²) in [5.41, 5.74) is 6.86. The molecule has 1 aliphatic carbocycles. The average molecular weight is 223 g/mol. The lowest BCUT2D eigenvalue weighted by molar-refractivity contribution is 0.0168. The topological polar surface area (TPSA) is 35.2 Å². The second-order valence-electron chi connectivity index (χ2n) is 4.46. The van der Waals surface area contributed by atoms with Crippen LogP contribution in [-0.4, -0.2) is 6.10 Å². The molecule has 2 nitrogen and oxygen atoms in total. The van der Waals surface area contributed by atoms with Crippen LogP contribution in [0.1, 0.15) is 37.7 Å². The fourth-order valence-corrected chi connectivity index (χ4v) is 2.20. The highest BCUT2D eigenvalue weighted by Crippen LogP contribution is 2.22. The summed E-state index contributed by atoms with van der Waals surface area (Å²) in [7, 11) is 0. The highest BCUT2D eigenvalue weighted by molar-refractivity contribution is 5.41. The Morgan fingerprint density at radius 1 is 1.19 bits per heavy atom. The van der Waals surface area contributed by atoms with Gasteiger partial charge in [0.05, 0.1) is 12.7 Å². The van der Waals surface area contributed by atoms with Crippen molar-refractivity contribution in [2.75, 3.05) is 5.73 Å². The van der Waals surface area contributed by atoms with Crippen molar-refractivity contribution < 1.29 is 9.13 Å². The van der Waals surface area contributed by atoms with E-state index in [-0.39, 0.29) is 5.82 Å². The molecule has 0 aliphatic heterocycles. The molecule has 0 saturated heterocycles. The van der Waals surface area contributed by atoms with Crippen molar-refractivity contribution in [3.05, 3.63) is 29.6 Å². The highest BCUT2D eigenvalue weighted by atomic mass is 19.1. The van der Waals surface area contributed by atoms with Crippen LogP contribution in [0.15, 0.2) is 18.2 Å². The third-order valence-electron chi connectivity index (χ3n) is 3.02. The highest BCUT2D eigenvalue weighted by Gasteiger charge is 2.13. The van der Waals surface area contributed by atoms with Gasteiger partial charge in [0.25, 0.3) is 0 Å². The van der Waals surface area contributed by atoms with Crippen LogP contribution in [-0.2, 0) is 11.3 Å². The number of hydrogen-bond donors (Lipinski definition) is 1. The Balaban J connectivity index is 1.88. The van der Waals surface area contributed by atoms with Crippen molar-refractivity contribution in [3.63, 3.8) is 0 Å². The van der Waals surface area contributed by atoms with Gasteiger partial charge in [0.2, 0.25) is 0 Å². The van der Waals surface area contributed by atoms with Gasteiger partial charge in [0, 0.05) is 5.69 Å². The molecule has 0 unspecified atom stereocenters. The first kappa shape index (κ1) is 11.4. The largest absolute Gasteiger partial charge is 0.399 e. The van der Waals surface area contributed by atoms with E-state index in [9.17, 15) is 4.39 Å². The second-order valence-corrected chi connectivity index (χ2v) is 4.46. The van der Waals surface area contributed by atoms with E-state index < -0.39 is 0 Å². The molecule has 1 saturated carbocycles. The van der Waals surface area contributed by atoms with Crippen molar-refractivity contribution in [1.82, 2.24) is 0 Å². The molecule has 2 N–H and O–H groups in total. The minimum Gasteiger partial charge on any atom is -0.399 e. The summed E-state index contributed by atoms with van der Waals surface area (Å²) in [5, 5.41) is 0. The molecule has 1 aromatic carbocycles. The average Bonchev–Trinajstić information content (AvgIpc) is 2.27. The van der Waals surface area contributed by atoms with E-state index in [4.69, 9.17) is 10.5 Å². The van der Waals surface area contributed by atoms with Crippen LogP contribution in [0, 0.1) is 5.82 Å². The van der Waals surface area contributed by atoms with Gasteiger partial charge >= 0.3 is 0 Å². The lowest BCUT2D eigenvalue weighted by Crippen LogP contribution is -2.16. The number of hydrogen-bond acceptors (Lipinski definition) is 2. The molecule has 1 aliphatic rings. The fraction of sp³-hybridized carbons (Fsp3) is 0.538. The molecule has 16 heavy (non-hydrogen) atoms. The number of nitrogens with two attached hydrogens (primary N) is 1. The molecule has 0 atom stereocenters. The van der Waals surface area contributed by atoms with Gasteiger partial charge in [-0.1, -0.05) is 19.3 Å². The summed E-state index contributed by atoms with van der Waals surface area (Å²) < 4.78 is 18.8. The van der Waals surface area contributed by atoms with Gasteiger partial charge in [-0.15, -0.1) is 0 Å². The Morgan fingerprint density at radius 3 is 2.62 bits per heavy atom. The summed E-state index contributed by atoms with van der Waals surface area (Å²) in [6, 6.07) is 4.58. The predicted molar refractivity (Wildman–Crippen MR) is 62.5 cm³/mol. The quantitative estimate of drug-likeness (QED) is 0.798. The molecule has 0 amide bonds. The first-order valence-corrected chi connectivity index (χ1v) is 5.90. The van der Waals surface area contributed by atoms with Gasteiger partial charge in [0.15, 0.2) is 0 Å². The summed E-state index contributed by atoms with van der Waals surface area (Å²) in [4.78, 5) is 0. The van der Waals surface area contributed by atoms with Gasteiger partial charge in [-0.3, -0.25) is 0 Å². The zero-order valence-corrected chi connectivity index (χ0v) is 9.42. The maximum Gasteiger partial charge on any atom is 0.125 e. The summed E-state index contributed by atoms with van der Waals surface area (Å²) in [6.45, 7) is 0.465. The van der Waals surface area contributed by atoms with Crippen molar-refractivity contribution in [2.45, 2.75) is 44.8 Å². The third-order valence-corrected chi connectivity index (χ3v) is 3.02. The first-order valence-electron chi connectivity index (χ1n) is 5.90. The third kappa shape index (κ3) is 3.20. The van der Waals surface area contributed by atoms with Crippen molar-refractivity contribution in [1.29, 1.82) is 0 Å². The molecular formula is C13H18FNO. The van der Waals surface area contributed by atoms with Crippen LogP contribution < -0.4 is 5.73 Å². The SMILES string of the molecule is Nc1cc(F)cc(COC2CCCCC2)c1. The molecule has 1 fully saturated rings. The van der Waals surface area contributed by atoms with Crippen LogP contribution >= 0.6 is 0 Å². The minimum atomic E-state index is -0.290. The minimum absolute atomic E-state index is 0.290. The molecule has 1 aromatic rings. The molecule has 0 radical (unpaired) electrons. The lowest BCUT2D eigenvalue weighted by atomic mass is 9.98. The van der Waals surface area contributed by atoms with Crippen molar-refractivity contribution in [2.24, 2.45) is 0 Å². The molecule has 88 valence electrons. The van der Waals surface area contributed by atoms with Crippen LogP contribution in [0.3, 0.4) is 0 Å². The molecule has 0 spiro atoms. The second kappa shape index (κ2) is 5.30. The Labute approximate surface area is 95.6 Å². The van der Waals surface area contributed by atoms with Crippen LogP contribution in [0.4, 0.5) is 10.1 Å². The number of ether oxygens (including phenoxy) is 1. The monoisotopic (exact) mass is 223 g/mol. The van der Waals surface area contributed by atoms with Gasteiger partial charge in [-0.2, -0.15) is 0 Å². The van der Waals surface area contributed by atoms with Crippen LogP contribution in [0.2, 0.25) is 0 Å². The zero-order chi connectivity index (χ0) is 11.4. The van der Waals surface area contributed by atoms with E-state index in [1.54, 1.807) is 6.07 Å². The van der Waals surface area contributed by atoms with Crippen LogP contribution in [0.5, 0.6) is 0 Å². The number of anilines is 1. The number of halogens is 1. The van der Waals surface area contributed by atoms with Crippen LogP contribution in [0.25, 0.3) is 0 Å². The Bertz CT molecular complexity index is 328. The van der Waals surface area contributed by atoms with E-state index in [0.717, 1.165) is 18.4 Å². The fourth-order valence-electron chi connectivity index (χ4n) is 2.20. The maximum atomic E-state index is 13.1. The normalized spacial score (nSPS) is 17.6. The molecule has 0 aromatic heterocycles.